The summed E-state index contributed by atoms with van der Waals surface area (Å²) < 4.78 is 36.9. The summed E-state index contributed by atoms with van der Waals surface area (Å²) in [4.78, 5) is 0. The van der Waals surface area contributed by atoms with Gasteiger partial charge in [0.25, 0.3) is 0 Å². The first-order valence-corrected chi connectivity index (χ1v) is 6.85. The smallest absolute Gasteiger partial charge is 0.162 e. The molecule has 0 radical (unpaired) electrons. The van der Waals surface area contributed by atoms with Crippen molar-refractivity contribution in [1.82, 2.24) is 5.32 Å². The standard InChI is InChI=1S/C16H19F2NO2/c1-10(2)19-8-12-6-14(21-11(12)3)9-20-13-4-5-15(17)16(18)7-13/h4-7,10,19H,8-9H2,1-3H3. The number of rotatable bonds is 6. The van der Waals surface area contributed by atoms with Crippen molar-refractivity contribution in [2.75, 3.05) is 0 Å². The second-order valence-corrected chi connectivity index (χ2v) is 5.19. The van der Waals surface area contributed by atoms with Crippen molar-refractivity contribution in [1.29, 1.82) is 0 Å². The van der Waals surface area contributed by atoms with E-state index in [1.807, 2.05) is 13.0 Å². The number of benzene rings is 1. The number of nitrogens with one attached hydrogen (secondary N) is 1. The molecule has 0 atom stereocenters. The number of furan rings is 1. The Morgan fingerprint density at radius 1 is 1.19 bits per heavy atom. The van der Waals surface area contributed by atoms with Gasteiger partial charge >= 0.3 is 0 Å². The van der Waals surface area contributed by atoms with Crippen LogP contribution < -0.4 is 10.1 Å². The van der Waals surface area contributed by atoms with Crippen LogP contribution in [0.15, 0.2) is 28.7 Å². The highest BCUT2D eigenvalue weighted by Gasteiger charge is 2.09. The first-order chi connectivity index (χ1) is 9.95. The van der Waals surface area contributed by atoms with Crippen molar-refractivity contribution in [3.8, 4) is 5.75 Å². The molecule has 0 fully saturated rings. The zero-order valence-electron chi connectivity index (χ0n) is 12.4. The minimum atomic E-state index is -0.926. The van der Waals surface area contributed by atoms with Crippen LogP contribution in [0.2, 0.25) is 0 Å². The molecule has 0 bridgehead atoms. The first kappa shape index (κ1) is 15.5. The predicted octanol–water partition coefficient (Wildman–Crippen LogP) is 3.94. The summed E-state index contributed by atoms with van der Waals surface area (Å²) >= 11 is 0. The maximum Gasteiger partial charge on any atom is 0.162 e. The van der Waals surface area contributed by atoms with Crippen molar-refractivity contribution in [2.24, 2.45) is 0 Å². The number of aryl methyl sites for hydroxylation is 1. The summed E-state index contributed by atoms with van der Waals surface area (Å²) in [5, 5.41) is 3.31. The molecule has 5 heteroatoms. The lowest BCUT2D eigenvalue weighted by Gasteiger charge is -2.06. The van der Waals surface area contributed by atoms with Crippen LogP contribution in [0.3, 0.4) is 0 Å². The monoisotopic (exact) mass is 295 g/mol. The molecule has 0 saturated carbocycles. The molecule has 0 spiro atoms. The molecule has 0 aliphatic carbocycles. The molecule has 1 aromatic carbocycles. The van der Waals surface area contributed by atoms with Gasteiger partial charge in [-0.2, -0.15) is 0 Å². The van der Waals surface area contributed by atoms with Gasteiger partial charge in [0.1, 0.15) is 23.9 Å². The van der Waals surface area contributed by atoms with Crippen LogP contribution in [0, 0.1) is 18.6 Å². The molecule has 3 nitrogen and oxygen atoms in total. The summed E-state index contributed by atoms with van der Waals surface area (Å²) in [5.74, 6) is -0.0715. The SMILES string of the molecule is Cc1oc(COc2ccc(F)c(F)c2)cc1CNC(C)C. The average molecular weight is 295 g/mol. The lowest BCUT2D eigenvalue weighted by atomic mass is 10.2. The predicted molar refractivity (Wildman–Crippen MR) is 76.1 cm³/mol. The van der Waals surface area contributed by atoms with Crippen LogP contribution in [-0.4, -0.2) is 6.04 Å². The zero-order chi connectivity index (χ0) is 15.4. The number of ether oxygens (including phenoxy) is 1. The molecule has 0 unspecified atom stereocenters. The highest BCUT2D eigenvalue weighted by Crippen LogP contribution is 2.19. The highest BCUT2D eigenvalue weighted by atomic mass is 19.2. The fraction of sp³-hybridized carbons (Fsp3) is 0.375. The normalized spacial score (nSPS) is 11.1. The Morgan fingerprint density at radius 3 is 2.62 bits per heavy atom. The third-order valence-electron chi connectivity index (χ3n) is 3.04. The molecule has 2 aromatic rings. The lowest BCUT2D eigenvalue weighted by molar-refractivity contribution is 0.265. The molecule has 1 aromatic heterocycles. The fourth-order valence-electron chi connectivity index (χ4n) is 1.87. The van der Waals surface area contributed by atoms with E-state index in [1.54, 1.807) is 0 Å². The van der Waals surface area contributed by atoms with Crippen molar-refractivity contribution in [2.45, 2.75) is 40.0 Å². The van der Waals surface area contributed by atoms with E-state index in [1.165, 1.54) is 6.07 Å². The van der Waals surface area contributed by atoms with Gasteiger partial charge in [-0.3, -0.25) is 0 Å². The summed E-state index contributed by atoms with van der Waals surface area (Å²) in [7, 11) is 0. The van der Waals surface area contributed by atoms with E-state index in [0.717, 1.165) is 30.0 Å². The van der Waals surface area contributed by atoms with Gasteiger partial charge in [0.15, 0.2) is 11.6 Å². The van der Waals surface area contributed by atoms with Crippen LogP contribution in [0.25, 0.3) is 0 Å². The second-order valence-electron chi connectivity index (χ2n) is 5.19. The molecule has 2 rings (SSSR count). The molecular weight excluding hydrogens is 276 g/mol. The maximum atomic E-state index is 13.1. The van der Waals surface area contributed by atoms with Gasteiger partial charge in [-0.1, -0.05) is 13.8 Å². The lowest BCUT2D eigenvalue weighted by Crippen LogP contribution is -2.21. The van der Waals surface area contributed by atoms with Crippen LogP contribution in [0.1, 0.15) is 30.9 Å². The van der Waals surface area contributed by atoms with E-state index in [-0.39, 0.29) is 12.4 Å². The molecule has 0 saturated heterocycles. The minimum Gasteiger partial charge on any atom is -0.486 e. The van der Waals surface area contributed by atoms with E-state index in [9.17, 15) is 8.78 Å². The van der Waals surface area contributed by atoms with E-state index < -0.39 is 11.6 Å². The Morgan fingerprint density at radius 2 is 1.95 bits per heavy atom. The zero-order valence-corrected chi connectivity index (χ0v) is 12.4. The van der Waals surface area contributed by atoms with Crippen molar-refractivity contribution in [3.05, 3.63) is 53.0 Å². The summed E-state index contributed by atoms with van der Waals surface area (Å²) in [6.45, 7) is 6.93. The number of hydrogen-bond acceptors (Lipinski definition) is 3. The Labute approximate surface area is 122 Å². The summed E-state index contributed by atoms with van der Waals surface area (Å²) in [5.41, 5.74) is 1.06. The van der Waals surface area contributed by atoms with Gasteiger partial charge < -0.3 is 14.5 Å². The summed E-state index contributed by atoms with van der Waals surface area (Å²) in [6.07, 6.45) is 0. The third-order valence-corrected chi connectivity index (χ3v) is 3.04. The number of hydrogen-bond donors (Lipinski definition) is 1. The van der Waals surface area contributed by atoms with Crippen molar-refractivity contribution in [3.63, 3.8) is 0 Å². The largest absolute Gasteiger partial charge is 0.486 e. The average Bonchev–Trinajstić information content (AvgIpc) is 2.78. The Bertz CT molecular complexity index is 608. The second kappa shape index (κ2) is 6.72. The fourth-order valence-corrected chi connectivity index (χ4v) is 1.87. The highest BCUT2D eigenvalue weighted by molar-refractivity contribution is 5.25. The van der Waals surface area contributed by atoms with E-state index in [2.05, 4.69) is 19.2 Å². The van der Waals surface area contributed by atoms with Crippen LogP contribution in [0.5, 0.6) is 5.75 Å². The van der Waals surface area contributed by atoms with E-state index in [4.69, 9.17) is 9.15 Å². The van der Waals surface area contributed by atoms with Gasteiger partial charge in [-0.25, -0.2) is 8.78 Å². The van der Waals surface area contributed by atoms with E-state index >= 15 is 0 Å². The Balaban J connectivity index is 1.96. The van der Waals surface area contributed by atoms with E-state index in [0.29, 0.717) is 11.8 Å². The Hall–Kier alpha value is -1.88. The molecule has 0 aliphatic rings. The molecule has 1 N–H and O–H groups in total. The molecule has 0 aliphatic heterocycles. The summed E-state index contributed by atoms with van der Waals surface area (Å²) in [6, 6.07) is 5.74. The quantitative estimate of drug-likeness (QED) is 0.876. The molecule has 1 heterocycles. The topological polar surface area (TPSA) is 34.4 Å². The van der Waals surface area contributed by atoms with Gasteiger partial charge in [0.05, 0.1) is 0 Å². The molecular formula is C16H19F2NO2. The van der Waals surface area contributed by atoms with Crippen LogP contribution >= 0.6 is 0 Å². The van der Waals surface area contributed by atoms with Gasteiger partial charge in [-0.15, -0.1) is 0 Å². The van der Waals surface area contributed by atoms with Gasteiger partial charge in [0, 0.05) is 24.2 Å². The van der Waals surface area contributed by atoms with Crippen LogP contribution in [0.4, 0.5) is 8.78 Å². The maximum absolute atomic E-state index is 13.1. The van der Waals surface area contributed by atoms with Gasteiger partial charge in [-0.05, 0) is 25.1 Å². The first-order valence-electron chi connectivity index (χ1n) is 6.85. The van der Waals surface area contributed by atoms with Crippen molar-refractivity contribution < 1.29 is 17.9 Å². The van der Waals surface area contributed by atoms with Crippen molar-refractivity contribution >= 4 is 0 Å². The third kappa shape index (κ3) is 4.29. The number of halogens is 2. The Kier molecular flexibility index (Phi) is 4.96. The minimum absolute atomic E-state index is 0.174. The molecule has 21 heavy (non-hydrogen) atoms. The van der Waals surface area contributed by atoms with Gasteiger partial charge in [0.2, 0.25) is 0 Å². The molecule has 114 valence electrons. The van der Waals surface area contributed by atoms with Crippen LogP contribution in [-0.2, 0) is 13.2 Å². The molecule has 0 amide bonds.